The predicted octanol–water partition coefficient (Wildman–Crippen LogP) is 8.33. The molecule has 2 heterocycles. The van der Waals surface area contributed by atoms with E-state index in [4.69, 9.17) is 9.47 Å². The summed E-state index contributed by atoms with van der Waals surface area (Å²) in [6, 6.07) is 11.2. The average Bonchev–Trinajstić information content (AvgIpc) is 3.83. The Morgan fingerprint density at radius 1 is 0.765 bits per heavy atom. The first-order chi connectivity index (χ1) is 24.2. The van der Waals surface area contributed by atoms with Crippen LogP contribution in [0.5, 0.6) is 11.5 Å². The fourth-order valence-electron chi connectivity index (χ4n) is 10.5. The summed E-state index contributed by atoms with van der Waals surface area (Å²) in [7, 11) is 3.04. The molecule has 5 aliphatic rings. The molecule has 276 valence electrons. The summed E-state index contributed by atoms with van der Waals surface area (Å²) in [6.45, 7) is -0.165. The lowest BCUT2D eigenvalue weighted by Gasteiger charge is -2.51. The molecule has 2 aromatic rings. The van der Waals surface area contributed by atoms with Crippen LogP contribution < -0.4 is 9.47 Å². The fraction of sp³-hybridized carbons (Fsp3) is 0.590. The first-order valence-electron chi connectivity index (χ1n) is 18.0. The number of carbonyl (C=O) groups is 2. The number of benzene rings is 2. The molecule has 3 fully saturated rings. The van der Waals surface area contributed by atoms with Gasteiger partial charge in [0.25, 0.3) is 0 Å². The van der Waals surface area contributed by atoms with E-state index in [2.05, 4.69) is 0 Å². The molecule has 7 rings (SSSR count). The maximum Gasteiger partial charge on any atom is 0.471 e. The van der Waals surface area contributed by atoms with Crippen molar-refractivity contribution in [1.82, 2.24) is 9.80 Å². The molecule has 12 heteroatoms. The van der Waals surface area contributed by atoms with Gasteiger partial charge in [-0.1, -0.05) is 42.7 Å². The number of alkyl halides is 6. The molecule has 3 aliphatic carbocycles. The van der Waals surface area contributed by atoms with Gasteiger partial charge in [0.05, 0.1) is 20.3 Å². The van der Waals surface area contributed by atoms with Gasteiger partial charge in [-0.2, -0.15) is 26.3 Å². The number of halogens is 6. The zero-order chi connectivity index (χ0) is 36.3. The summed E-state index contributed by atoms with van der Waals surface area (Å²) in [4.78, 5) is 28.1. The van der Waals surface area contributed by atoms with Crippen LogP contribution in [-0.2, 0) is 22.4 Å². The van der Waals surface area contributed by atoms with Crippen molar-refractivity contribution >= 4 is 11.8 Å². The molecule has 3 unspecified atom stereocenters. The summed E-state index contributed by atoms with van der Waals surface area (Å²) in [5.74, 6) is -3.08. The smallest absolute Gasteiger partial charge is 0.471 e. The third kappa shape index (κ3) is 6.18. The Bertz CT molecular complexity index is 1700. The van der Waals surface area contributed by atoms with Gasteiger partial charge < -0.3 is 19.3 Å². The lowest BCUT2D eigenvalue weighted by Crippen LogP contribution is -2.59. The standard InChI is InChI=1S/C39H44F6N2O4/c1-50-27-12-9-24(10-13-27)21-33-37-17-6-5-16-36(37,23-37)30(22-47(33)35(49)39(43,44)45)29-19-25(11-14-32(29)51-2)20-31-28-8-4-3-7-26(28)15-18-46(31)34(48)38(40,41)42/h9-14,19,30-31,33H,3-8,15-18,20-23H2,1-2H3/t30?,31?,33-,36-,37?/m1/s1. The molecule has 6 nitrogen and oxygen atoms in total. The summed E-state index contributed by atoms with van der Waals surface area (Å²) in [5.41, 5.74) is 3.31. The Labute approximate surface area is 294 Å². The highest BCUT2D eigenvalue weighted by Crippen LogP contribution is 2.81. The second-order valence-electron chi connectivity index (χ2n) is 15.2. The highest BCUT2D eigenvalue weighted by atomic mass is 19.4. The Morgan fingerprint density at radius 3 is 2.08 bits per heavy atom. The monoisotopic (exact) mass is 718 g/mol. The number of methoxy groups -OCH3 is 2. The van der Waals surface area contributed by atoms with Crippen molar-refractivity contribution in [3.8, 4) is 11.5 Å². The summed E-state index contributed by atoms with van der Waals surface area (Å²) in [6.07, 6.45) is -2.07. The Kier molecular flexibility index (Phi) is 9.14. The van der Waals surface area contributed by atoms with Crippen LogP contribution in [0.2, 0.25) is 0 Å². The molecule has 1 saturated heterocycles. The lowest BCUT2D eigenvalue weighted by atomic mass is 9.63. The summed E-state index contributed by atoms with van der Waals surface area (Å²) in [5, 5.41) is 0. The molecular weight excluding hydrogens is 674 g/mol. The third-order valence-electron chi connectivity index (χ3n) is 12.8. The van der Waals surface area contributed by atoms with Crippen LogP contribution in [0.4, 0.5) is 26.3 Å². The Hall–Kier alpha value is -3.70. The number of ether oxygens (including phenoxy) is 2. The molecule has 2 aliphatic heterocycles. The molecule has 0 radical (unpaired) electrons. The van der Waals surface area contributed by atoms with E-state index in [9.17, 15) is 35.9 Å². The van der Waals surface area contributed by atoms with E-state index in [0.717, 1.165) is 65.0 Å². The van der Waals surface area contributed by atoms with E-state index in [1.54, 1.807) is 31.4 Å². The third-order valence-corrected chi connectivity index (χ3v) is 12.8. The van der Waals surface area contributed by atoms with Gasteiger partial charge in [0.2, 0.25) is 0 Å². The Morgan fingerprint density at radius 2 is 1.41 bits per heavy atom. The minimum Gasteiger partial charge on any atom is -0.497 e. The van der Waals surface area contributed by atoms with Gasteiger partial charge in [0.15, 0.2) is 0 Å². The van der Waals surface area contributed by atoms with Crippen LogP contribution in [0, 0.1) is 10.8 Å². The lowest BCUT2D eigenvalue weighted by molar-refractivity contribution is -0.193. The predicted molar refractivity (Wildman–Crippen MR) is 177 cm³/mol. The molecule has 51 heavy (non-hydrogen) atoms. The minimum atomic E-state index is -5.07. The van der Waals surface area contributed by atoms with Crippen LogP contribution in [0.3, 0.4) is 0 Å². The van der Waals surface area contributed by atoms with Crippen molar-refractivity contribution in [2.75, 3.05) is 27.3 Å². The number of nitrogens with zero attached hydrogens (tertiary/aromatic N) is 2. The van der Waals surface area contributed by atoms with Gasteiger partial charge in [0, 0.05) is 25.0 Å². The minimum absolute atomic E-state index is 0.0107. The maximum absolute atomic E-state index is 14.4. The number of amides is 2. The van der Waals surface area contributed by atoms with E-state index in [1.165, 1.54) is 7.11 Å². The van der Waals surface area contributed by atoms with Gasteiger partial charge in [-0.05, 0) is 116 Å². The van der Waals surface area contributed by atoms with Crippen molar-refractivity contribution in [1.29, 1.82) is 0 Å². The van der Waals surface area contributed by atoms with Crippen molar-refractivity contribution in [2.45, 2.75) is 107 Å². The van der Waals surface area contributed by atoms with Crippen LogP contribution in [0.25, 0.3) is 0 Å². The van der Waals surface area contributed by atoms with Crippen LogP contribution in [0.15, 0.2) is 53.6 Å². The number of hydrogen-bond donors (Lipinski definition) is 0. The van der Waals surface area contributed by atoms with Gasteiger partial charge in [-0.15, -0.1) is 0 Å². The largest absolute Gasteiger partial charge is 0.497 e. The molecule has 0 N–H and O–H groups in total. The second-order valence-corrected chi connectivity index (χ2v) is 15.2. The molecule has 2 aromatic carbocycles. The van der Waals surface area contributed by atoms with E-state index in [0.29, 0.717) is 48.3 Å². The van der Waals surface area contributed by atoms with E-state index in [-0.39, 0.29) is 31.3 Å². The van der Waals surface area contributed by atoms with Gasteiger partial charge in [0.1, 0.15) is 11.5 Å². The number of hydrogen-bond acceptors (Lipinski definition) is 4. The summed E-state index contributed by atoms with van der Waals surface area (Å²) < 4.78 is 95.7. The summed E-state index contributed by atoms with van der Waals surface area (Å²) >= 11 is 0. The van der Waals surface area contributed by atoms with Gasteiger partial charge in [-0.25, -0.2) is 0 Å². The van der Waals surface area contributed by atoms with E-state index < -0.39 is 47.6 Å². The normalized spacial score (nSPS) is 29.1. The SMILES string of the molecule is COc1ccc(C[C@H]2N(C(=O)C(F)(F)F)CC(c3cc(CC4C5=C(CCCC5)CCN4C(=O)C(F)(F)F)ccc3OC)[C@]34CCCCC23C4)cc1. The number of piperidine rings is 1. The quantitative estimate of drug-likeness (QED) is 0.214. The maximum atomic E-state index is 14.4. The highest BCUT2D eigenvalue weighted by molar-refractivity contribution is 5.83. The molecule has 0 aromatic heterocycles. The molecular formula is C39H44F6N2O4. The van der Waals surface area contributed by atoms with Crippen LogP contribution in [-0.4, -0.2) is 73.4 Å². The molecule has 0 bridgehead atoms. The van der Waals surface area contributed by atoms with Gasteiger partial charge >= 0.3 is 24.2 Å². The average molecular weight is 719 g/mol. The molecule has 0 spiro atoms. The van der Waals surface area contributed by atoms with Crippen molar-refractivity contribution in [3.63, 3.8) is 0 Å². The molecule has 2 saturated carbocycles. The molecule has 5 atom stereocenters. The first kappa shape index (κ1) is 35.7. The second kappa shape index (κ2) is 13.1. The molecule has 2 amide bonds. The zero-order valence-electron chi connectivity index (χ0n) is 29.0. The van der Waals surface area contributed by atoms with Crippen LogP contribution in [0.1, 0.15) is 86.8 Å². The Balaban J connectivity index is 1.28. The topological polar surface area (TPSA) is 59.1 Å². The van der Waals surface area contributed by atoms with E-state index in [1.807, 2.05) is 18.2 Å². The number of rotatable bonds is 7. The van der Waals surface area contributed by atoms with Gasteiger partial charge in [-0.3, -0.25) is 9.59 Å². The number of carbonyl (C=O) groups excluding carboxylic acids is 2. The number of likely N-dealkylation sites (tertiary alicyclic amines) is 1. The first-order valence-corrected chi connectivity index (χ1v) is 18.0. The zero-order valence-corrected chi connectivity index (χ0v) is 29.0. The van der Waals surface area contributed by atoms with E-state index >= 15 is 0 Å². The van der Waals surface area contributed by atoms with Crippen molar-refractivity contribution < 1.29 is 45.4 Å². The van der Waals surface area contributed by atoms with Crippen molar-refractivity contribution in [3.05, 3.63) is 70.3 Å². The fourth-order valence-corrected chi connectivity index (χ4v) is 10.5. The van der Waals surface area contributed by atoms with Crippen LogP contribution >= 0.6 is 0 Å². The van der Waals surface area contributed by atoms with Crippen molar-refractivity contribution in [2.24, 2.45) is 10.8 Å². The highest BCUT2D eigenvalue weighted by Gasteiger charge is 2.77.